The van der Waals surface area contributed by atoms with Gasteiger partial charge in [0, 0.05) is 25.8 Å². The van der Waals surface area contributed by atoms with Crippen molar-refractivity contribution in [3.05, 3.63) is 42.2 Å². The number of rotatable bonds is 5. The molecular weight excluding hydrogens is 348 g/mol. The van der Waals surface area contributed by atoms with Gasteiger partial charge in [0.25, 0.3) is 0 Å². The van der Waals surface area contributed by atoms with Crippen LogP contribution in [0, 0.1) is 0 Å². The number of aromatic nitrogens is 2. The Morgan fingerprint density at radius 1 is 1.24 bits per heavy atom. The summed E-state index contributed by atoms with van der Waals surface area (Å²) in [6, 6.07) is 6.01. The van der Waals surface area contributed by atoms with Gasteiger partial charge in [-0.15, -0.1) is 0 Å². The molecule has 2 heterocycles. The lowest BCUT2D eigenvalue weighted by Gasteiger charge is -2.34. The molecule has 136 valence electrons. The smallest absolute Gasteiger partial charge is 0.341 e. The predicted octanol–water partition coefficient (Wildman–Crippen LogP) is 3.28. The molecule has 0 bridgehead atoms. The molecule has 0 spiro atoms. The van der Waals surface area contributed by atoms with Crippen molar-refractivity contribution >= 4 is 15.5 Å². The van der Waals surface area contributed by atoms with Crippen LogP contribution < -0.4 is 4.90 Å². The van der Waals surface area contributed by atoms with Crippen LogP contribution in [0.5, 0.6) is 0 Å². The first-order valence-electron chi connectivity index (χ1n) is 8.32. The number of alkyl halides is 2. The van der Waals surface area contributed by atoms with Crippen molar-refractivity contribution in [2.24, 2.45) is 0 Å². The van der Waals surface area contributed by atoms with Crippen LogP contribution in [0.2, 0.25) is 0 Å². The van der Waals surface area contributed by atoms with Gasteiger partial charge in [-0.1, -0.05) is 12.1 Å². The second kappa shape index (κ2) is 7.11. The molecule has 1 aliphatic heterocycles. The van der Waals surface area contributed by atoms with Gasteiger partial charge in [-0.05, 0) is 43.4 Å². The molecule has 2 aromatic rings. The summed E-state index contributed by atoms with van der Waals surface area (Å²) in [6.07, 6.45) is 5.57. The number of halogens is 2. The fourth-order valence-electron chi connectivity index (χ4n) is 3.27. The van der Waals surface area contributed by atoms with Crippen molar-refractivity contribution in [2.45, 2.75) is 42.9 Å². The van der Waals surface area contributed by atoms with E-state index in [0.29, 0.717) is 24.7 Å². The van der Waals surface area contributed by atoms with E-state index in [2.05, 4.69) is 5.10 Å². The van der Waals surface area contributed by atoms with Crippen LogP contribution in [0.25, 0.3) is 0 Å². The van der Waals surface area contributed by atoms with Crippen LogP contribution in [0.1, 0.15) is 31.2 Å². The van der Waals surface area contributed by atoms with E-state index in [4.69, 9.17) is 0 Å². The van der Waals surface area contributed by atoms with E-state index in [1.165, 1.54) is 17.7 Å². The van der Waals surface area contributed by atoms with Gasteiger partial charge in [-0.3, -0.25) is 4.68 Å². The van der Waals surface area contributed by atoms with Gasteiger partial charge in [0.05, 0.1) is 16.8 Å². The fourth-order valence-corrected chi connectivity index (χ4v) is 4.22. The van der Waals surface area contributed by atoms with Crippen LogP contribution in [0.3, 0.4) is 0 Å². The second-order valence-electron chi connectivity index (χ2n) is 6.16. The second-order valence-corrected chi connectivity index (χ2v) is 8.05. The molecule has 1 aromatic carbocycles. The Kier molecular flexibility index (Phi) is 5.08. The van der Waals surface area contributed by atoms with Crippen molar-refractivity contribution < 1.29 is 17.2 Å². The lowest BCUT2D eigenvalue weighted by Crippen LogP contribution is -2.34. The van der Waals surface area contributed by atoms with Crippen LogP contribution in [0.4, 0.5) is 14.5 Å². The predicted molar refractivity (Wildman–Crippen MR) is 91.7 cm³/mol. The summed E-state index contributed by atoms with van der Waals surface area (Å²) in [4.78, 5) is 1.60. The summed E-state index contributed by atoms with van der Waals surface area (Å²) in [5.41, 5.74) is 1.54. The Morgan fingerprint density at radius 3 is 2.52 bits per heavy atom. The zero-order valence-corrected chi connectivity index (χ0v) is 14.8. The maximum Gasteiger partial charge on any atom is 0.341 e. The van der Waals surface area contributed by atoms with Gasteiger partial charge in [-0.25, -0.2) is 8.42 Å². The third kappa shape index (κ3) is 3.53. The number of nitrogens with zero attached hydrogens (tertiary/aromatic N) is 3. The summed E-state index contributed by atoms with van der Waals surface area (Å²) < 4.78 is 51.6. The van der Waals surface area contributed by atoms with Gasteiger partial charge < -0.3 is 4.90 Å². The van der Waals surface area contributed by atoms with E-state index in [1.807, 2.05) is 28.9 Å². The molecule has 0 atom stereocenters. The van der Waals surface area contributed by atoms with Crippen molar-refractivity contribution in [3.8, 4) is 0 Å². The number of hydrogen-bond donors (Lipinski definition) is 0. The number of sulfone groups is 1. The third-order valence-electron chi connectivity index (χ3n) is 4.69. The maximum atomic E-state index is 12.9. The molecule has 0 radical (unpaired) electrons. The summed E-state index contributed by atoms with van der Waals surface area (Å²) in [5, 5.41) is 4.29. The van der Waals surface area contributed by atoms with Crippen molar-refractivity contribution in [3.63, 3.8) is 0 Å². The number of piperidine rings is 1. The van der Waals surface area contributed by atoms with E-state index in [0.717, 1.165) is 19.4 Å². The largest absolute Gasteiger partial charge is 0.370 e. The molecule has 0 aliphatic carbocycles. The van der Waals surface area contributed by atoms with Crippen LogP contribution in [-0.2, 0) is 16.4 Å². The molecule has 0 amide bonds. The average molecular weight is 369 g/mol. The number of aryl methyl sites for hydroxylation is 1. The first kappa shape index (κ1) is 17.8. The molecule has 0 saturated carbocycles. The summed E-state index contributed by atoms with van der Waals surface area (Å²) >= 11 is 0. The molecule has 8 heteroatoms. The van der Waals surface area contributed by atoms with E-state index >= 15 is 0 Å². The quantitative estimate of drug-likeness (QED) is 0.812. The summed E-state index contributed by atoms with van der Waals surface area (Å²) in [6.45, 7) is 4.09. The minimum Gasteiger partial charge on any atom is -0.370 e. The lowest BCUT2D eigenvalue weighted by atomic mass is 9.91. The molecule has 1 saturated heterocycles. The summed E-state index contributed by atoms with van der Waals surface area (Å²) in [7, 11) is -4.61. The van der Waals surface area contributed by atoms with Gasteiger partial charge in [0.1, 0.15) is 0 Å². The van der Waals surface area contributed by atoms with Gasteiger partial charge in [0.2, 0.25) is 9.84 Å². The van der Waals surface area contributed by atoms with Gasteiger partial charge in [0.15, 0.2) is 0 Å². The first-order chi connectivity index (χ1) is 11.9. The normalized spacial score (nSPS) is 16.6. The number of anilines is 1. The minimum atomic E-state index is -4.61. The van der Waals surface area contributed by atoms with Crippen LogP contribution >= 0.6 is 0 Å². The van der Waals surface area contributed by atoms with Crippen molar-refractivity contribution in [2.75, 3.05) is 18.0 Å². The van der Waals surface area contributed by atoms with E-state index < -0.39 is 15.6 Å². The molecule has 0 N–H and O–H groups in total. The van der Waals surface area contributed by atoms with Crippen molar-refractivity contribution in [1.82, 2.24) is 9.78 Å². The minimum absolute atomic E-state index is 0.290. The molecular formula is C17H21F2N3O2S. The van der Waals surface area contributed by atoms with Crippen LogP contribution in [0.15, 0.2) is 41.6 Å². The zero-order valence-electron chi connectivity index (χ0n) is 14.0. The third-order valence-corrected chi connectivity index (χ3v) is 6.12. The zero-order chi connectivity index (χ0) is 18.0. The van der Waals surface area contributed by atoms with Crippen molar-refractivity contribution in [1.29, 1.82) is 0 Å². The molecule has 1 aromatic heterocycles. The Labute approximate surface area is 146 Å². The number of para-hydroxylation sites is 1. The fraction of sp³-hybridized carbons (Fsp3) is 0.471. The van der Waals surface area contributed by atoms with E-state index in [-0.39, 0.29) is 4.90 Å². The highest BCUT2D eigenvalue weighted by Gasteiger charge is 2.31. The standard InChI is InChI=1S/C17H21F2N3O2S/c1-2-22-12-14(11-20-22)13-7-9-21(10-8-13)15-5-3-4-6-16(15)25(23,24)17(18)19/h3-6,11-13,17H,2,7-10H2,1H3. The Hall–Kier alpha value is -1.96. The molecule has 0 unspecified atom stereocenters. The molecule has 1 fully saturated rings. The van der Waals surface area contributed by atoms with Gasteiger partial charge in [-0.2, -0.15) is 13.9 Å². The molecule has 5 nitrogen and oxygen atoms in total. The summed E-state index contributed by atoms with van der Waals surface area (Å²) in [5.74, 6) is -3.05. The van der Waals surface area contributed by atoms with E-state index in [9.17, 15) is 17.2 Å². The Morgan fingerprint density at radius 2 is 1.92 bits per heavy atom. The molecule has 25 heavy (non-hydrogen) atoms. The maximum absolute atomic E-state index is 12.9. The van der Waals surface area contributed by atoms with Gasteiger partial charge >= 0.3 is 5.76 Å². The average Bonchev–Trinajstić information content (AvgIpc) is 3.11. The first-order valence-corrected chi connectivity index (χ1v) is 9.86. The highest BCUT2D eigenvalue weighted by atomic mass is 32.2. The van der Waals surface area contributed by atoms with Crippen LogP contribution in [-0.4, -0.2) is 37.0 Å². The SMILES string of the molecule is CCn1cc(C2CCN(c3ccccc3S(=O)(=O)C(F)F)CC2)cn1. The molecule has 3 rings (SSSR count). The highest BCUT2D eigenvalue weighted by molar-refractivity contribution is 7.91. The monoisotopic (exact) mass is 369 g/mol. The van der Waals surface area contributed by atoms with E-state index in [1.54, 1.807) is 12.1 Å². The number of hydrogen-bond acceptors (Lipinski definition) is 4. The number of benzene rings is 1. The Balaban J connectivity index is 1.78. The topological polar surface area (TPSA) is 55.2 Å². The Bertz CT molecular complexity index is 828. The molecule has 1 aliphatic rings. The highest BCUT2D eigenvalue weighted by Crippen LogP contribution is 2.34. The lowest BCUT2D eigenvalue weighted by molar-refractivity contribution is 0.234.